The summed E-state index contributed by atoms with van der Waals surface area (Å²) < 4.78 is 64.8. The molecule has 0 spiro atoms. The first-order chi connectivity index (χ1) is 17.2. The summed E-state index contributed by atoms with van der Waals surface area (Å²) in [7, 11) is 0. The van der Waals surface area contributed by atoms with Crippen LogP contribution in [0.5, 0.6) is 5.75 Å². The zero-order valence-electron chi connectivity index (χ0n) is 19.1. The Morgan fingerprint density at radius 3 is 2.39 bits per heavy atom. The summed E-state index contributed by atoms with van der Waals surface area (Å²) >= 11 is 0. The molecule has 0 unspecified atom stereocenters. The predicted molar refractivity (Wildman–Crippen MR) is 125 cm³/mol. The summed E-state index contributed by atoms with van der Waals surface area (Å²) in [6.45, 7) is 2.39. The summed E-state index contributed by atoms with van der Waals surface area (Å²) in [6, 6.07) is 8.30. The number of phenolic OH excluding ortho intramolecular Hbond substituents is 1. The topological polar surface area (TPSA) is 71.7 Å². The molecule has 0 radical (unpaired) electrons. The van der Waals surface area contributed by atoms with Gasteiger partial charge in [-0.25, -0.2) is 22.4 Å². The molecule has 36 heavy (non-hydrogen) atoms. The number of fused-ring (bicyclic) bond motifs is 1. The fourth-order valence-electron chi connectivity index (χ4n) is 4.97. The highest BCUT2D eigenvalue weighted by Gasteiger charge is 2.31. The molecule has 9 heteroatoms. The smallest absolute Gasteiger partial charge is 0.338 e. The molecule has 4 aromatic rings. The number of aromatic nitrogens is 1. The monoisotopic (exact) mass is 499 g/mol. The molecule has 5 nitrogen and oxygen atoms in total. The van der Waals surface area contributed by atoms with Gasteiger partial charge in [-0.15, -0.1) is 0 Å². The molecule has 186 valence electrons. The Bertz CT molecular complexity index is 1520. The maximum Gasteiger partial charge on any atom is 0.338 e. The fourth-order valence-corrected chi connectivity index (χ4v) is 4.97. The van der Waals surface area contributed by atoms with E-state index in [-0.39, 0.29) is 27.9 Å². The Hall–Kier alpha value is -3.85. The van der Waals surface area contributed by atoms with Crippen LogP contribution in [0.2, 0.25) is 0 Å². The normalized spacial score (nSPS) is 14.5. The Morgan fingerprint density at radius 1 is 1.00 bits per heavy atom. The quantitative estimate of drug-likeness (QED) is 0.316. The summed E-state index contributed by atoms with van der Waals surface area (Å²) in [5.74, 6) is -6.39. The van der Waals surface area contributed by atoms with Crippen LogP contribution >= 0.6 is 0 Å². The van der Waals surface area contributed by atoms with Crippen molar-refractivity contribution in [2.45, 2.75) is 25.7 Å². The van der Waals surface area contributed by atoms with E-state index in [1.54, 1.807) is 17.6 Å². The molecule has 1 saturated heterocycles. The molecular weight excluding hydrogens is 478 g/mol. The van der Waals surface area contributed by atoms with Crippen LogP contribution in [0.1, 0.15) is 40.4 Å². The number of aromatic hydroxyl groups is 1. The van der Waals surface area contributed by atoms with E-state index < -0.39 is 40.6 Å². The first kappa shape index (κ1) is 23.9. The van der Waals surface area contributed by atoms with Gasteiger partial charge >= 0.3 is 5.97 Å². The van der Waals surface area contributed by atoms with Gasteiger partial charge in [-0.05, 0) is 67.3 Å². The number of hydrogen-bond acceptors (Lipinski definition) is 3. The number of nitrogens with zero attached hydrogens (tertiary/aromatic N) is 1. The van der Waals surface area contributed by atoms with Crippen molar-refractivity contribution in [3.05, 3.63) is 82.6 Å². The van der Waals surface area contributed by atoms with Gasteiger partial charge in [-0.2, -0.15) is 0 Å². The van der Waals surface area contributed by atoms with Crippen LogP contribution in [0, 0.1) is 30.2 Å². The molecule has 1 aliphatic rings. The van der Waals surface area contributed by atoms with Crippen molar-refractivity contribution in [1.82, 2.24) is 4.57 Å². The Labute approximate surface area is 203 Å². The van der Waals surface area contributed by atoms with E-state index in [9.17, 15) is 32.6 Å². The third-order valence-corrected chi connectivity index (χ3v) is 6.60. The highest BCUT2D eigenvalue weighted by atomic mass is 19.2. The van der Waals surface area contributed by atoms with Crippen molar-refractivity contribution in [1.29, 1.82) is 0 Å². The molecule has 2 heterocycles. The molecule has 0 aliphatic carbocycles. The number of aromatic carboxylic acids is 1. The van der Waals surface area contributed by atoms with Crippen molar-refractivity contribution >= 4 is 16.9 Å². The molecule has 3 aromatic carbocycles. The van der Waals surface area contributed by atoms with E-state index in [0.717, 1.165) is 18.2 Å². The number of halogens is 4. The standard InChI is InChI=1S/C27H21F4NO4/c1-13-8-17(2-3-19(13)29)32-21-11-16(28)12-22(33)24(21)23(26(32)14-4-6-36-7-5-14)15-9-18(27(34)35)25(31)20(30)10-15/h2-3,8-12,14,33H,4-7H2,1H3,(H,34,35). The predicted octanol–water partition coefficient (Wildman–Crippen LogP) is 6.46. The fraction of sp³-hybridized carbons (Fsp3) is 0.222. The van der Waals surface area contributed by atoms with Gasteiger partial charge in [0, 0.05) is 42.1 Å². The molecule has 0 atom stereocenters. The lowest BCUT2D eigenvalue weighted by Gasteiger charge is -2.26. The van der Waals surface area contributed by atoms with Gasteiger partial charge in [-0.1, -0.05) is 0 Å². The first-order valence-corrected chi connectivity index (χ1v) is 11.3. The van der Waals surface area contributed by atoms with Crippen LogP contribution in [-0.2, 0) is 4.74 Å². The van der Waals surface area contributed by atoms with E-state index in [1.807, 2.05) is 0 Å². The summed E-state index contributed by atoms with van der Waals surface area (Å²) in [4.78, 5) is 11.7. The van der Waals surface area contributed by atoms with Crippen molar-refractivity contribution < 1.29 is 37.3 Å². The highest BCUT2D eigenvalue weighted by molar-refractivity contribution is 6.04. The lowest BCUT2D eigenvalue weighted by Crippen LogP contribution is -2.17. The molecule has 1 fully saturated rings. The average Bonchev–Trinajstić information content (AvgIpc) is 3.18. The van der Waals surface area contributed by atoms with Crippen LogP contribution in [0.25, 0.3) is 27.7 Å². The molecule has 0 bridgehead atoms. The van der Waals surface area contributed by atoms with Gasteiger partial charge in [0.2, 0.25) is 0 Å². The zero-order chi connectivity index (χ0) is 25.7. The van der Waals surface area contributed by atoms with E-state index in [4.69, 9.17) is 4.74 Å². The van der Waals surface area contributed by atoms with E-state index in [2.05, 4.69) is 0 Å². The number of phenols is 1. The number of carbonyl (C=O) groups is 1. The molecular formula is C27H21F4NO4. The minimum atomic E-state index is -1.66. The number of hydrogen-bond donors (Lipinski definition) is 2. The van der Waals surface area contributed by atoms with Gasteiger partial charge in [-0.3, -0.25) is 0 Å². The SMILES string of the molecule is Cc1cc(-n2c(C3CCOCC3)c(-c3cc(F)c(F)c(C(=O)O)c3)c3c(O)cc(F)cc32)ccc1F. The number of rotatable bonds is 4. The number of carboxylic acids is 1. The molecule has 0 saturated carbocycles. The molecule has 1 aromatic heterocycles. The van der Waals surface area contributed by atoms with Crippen LogP contribution < -0.4 is 0 Å². The van der Waals surface area contributed by atoms with Gasteiger partial charge in [0.05, 0.1) is 16.5 Å². The Balaban J connectivity index is 1.95. The van der Waals surface area contributed by atoms with Crippen molar-refractivity contribution in [2.24, 2.45) is 0 Å². The maximum absolute atomic E-state index is 14.6. The maximum atomic E-state index is 14.6. The van der Waals surface area contributed by atoms with Gasteiger partial charge in [0.25, 0.3) is 0 Å². The van der Waals surface area contributed by atoms with E-state index in [0.29, 0.717) is 43.0 Å². The largest absolute Gasteiger partial charge is 0.507 e. The summed E-state index contributed by atoms with van der Waals surface area (Å²) in [6.07, 6.45) is 1.06. The van der Waals surface area contributed by atoms with Crippen molar-refractivity contribution in [3.63, 3.8) is 0 Å². The molecule has 0 amide bonds. The van der Waals surface area contributed by atoms with Crippen molar-refractivity contribution in [3.8, 4) is 22.6 Å². The van der Waals surface area contributed by atoms with Crippen LogP contribution in [0.4, 0.5) is 17.6 Å². The van der Waals surface area contributed by atoms with Crippen LogP contribution in [0.3, 0.4) is 0 Å². The minimum Gasteiger partial charge on any atom is -0.507 e. The molecule has 2 N–H and O–H groups in total. The van der Waals surface area contributed by atoms with E-state index >= 15 is 0 Å². The lowest BCUT2D eigenvalue weighted by molar-refractivity contribution is 0.0690. The third-order valence-electron chi connectivity index (χ3n) is 6.60. The third kappa shape index (κ3) is 3.89. The molecule has 1 aliphatic heterocycles. The highest BCUT2D eigenvalue weighted by Crippen LogP contribution is 2.47. The average molecular weight is 499 g/mol. The van der Waals surface area contributed by atoms with Crippen LogP contribution in [0.15, 0.2) is 42.5 Å². The Morgan fingerprint density at radius 2 is 1.72 bits per heavy atom. The second kappa shape index (κ2) is 8.98. The number of ether oxygens (including phenoxy) is 1. The first-order valence-electron chi connectivity index (χ1n) is 11.3. The van der Waals surface area contributed by atoms with Gasteiger partial charge < -0.3 is 19.5 Å². The molecule has 5 rings (SSSR count). The number of benzene rings is 3. The van der Waals surface area contributed by atoms with Crippen LogP contribution in [-0.4, -0.2) is 34.0 Å². The summed E-state index contributed by atoms with van der Waals surface area (Å²) in [5, 5.41) is 20.5. The lowest BCUT2D eigenvalue weighted by atomic mass is 9.89. The number of carboxylic acid groups (broad SMARTS) is 1. The minimum absolute atomic E-state index is 0.0114. The summed E-state index contributed by atoms with van der Waals surface area (Å²) in [5.41, 5.74) is 0.936. The second-order valence-electron chi connectivity index (χ2n) is 8.86. The van der Waals surface area contributed by atoms with E-state index in [1.165, 1.54) is 18.2 Å². The van der Waals surface area contributed by atoms with Crippen molar-refractivity contribution in [2.75, 3.05) is 13.2 Å². The Kier molecular flexibility index (Phi) is 5.96. The zero-order valence-corrected chi connectivity index (χ0v) is 19.1. The van der Waals surface area contributed by atoms with Gasteiger partial charge in [0.1, 0.15) is 17.4 Å². The van der Waals surface area contributed by atoms with Gasteiger partial charge in [0.15, 0.2) is 11.6 Å². The number of aryl methyl sites for hydroxylation is 1. The second-order valence-corrected chi connectivity index (χ2v) is 8.86.